The topological polar surface area (TPSA) is 69.8 Å². The number of carbonyl (C=O) groups excluding carboxylic acids is 1. The van der Waals surface area contributed by atoms with Crippen molar-refractivity contribution in [2.45, 2.75) is 32.7 Å². The standard InChI is InChI=1S/C20H24N4O/c1-3-14(2)24-17-10-16(11-21-13-17)20(25)22-9-8-15-12-23-19-7-5-4-6-18(15)19/h4-7,10-14,23-24H,3,8-9H2,1-2H3,(H,22,25). The summed E-state index contributed by atoms with van der Waals surface area (Å²) in [6.07, 6.45) is 7.15. The molecular weight excluding hydrogens is 312 g/mol. The molecule has 5 nitrogen and oxygen atoms in total. The number of fused-ring (bicyclic) bond motifs is 1. The van der Waals surface area contributed by atoms with E-state index in [4.69, 9.17) is 0 Å². The Hall–Kier alpha value is -2.82. The van der Waals surface area contributed by atoms with Gasteiger partial charge in [-0.15, -0.1) is 0 Å². The number of aromatic amines is 1. The van der Waals surface area contributed by atoms with E-state index in [9.17, 15) is 4.79 Å². The smallest absolute Gasteiger partial charge is 0.252 e. The first kappa shape index (κ1) is 17.0. The zero-order chi connectivity index (χ0) is 17.6. The predicted octanol–water partition coefficient (Wildman–Crippen LogP) is 3.75. The van der Waals surface area contributed by atoms with Gasteiger partial charge in [0.25, 0.3) is 5.91 Å². The number of aromatic nitrogens is 2. The first-order valence-electron chi connectivity index (χ1n) is 8.72. The van der Waals surface area contributed by atoms with Crippen molar-refractivity contribution >= 4 is 22.5 Å². The van der Waals surface area contributed by atoms with Gasteiger partial charge in [0.05, 0.1) is 11.3 Å². The molecule has 0 bridgehead atoms. The van der Waals surface area contributed by atoms with Gasteiger partial charge in [-0.3, -0.25) is 9.78 Å². The average Bonchev–Trinajstić information content (AvgIpc) is 3.05. The van der Waals surface area contributed by atoms with Crippen LogP contribution < -0.4 is 10.6 Å². The minimum absolute atomic E-state index is 0.0971. The Labute approximate surface area is 147 Å². The van der Waals surface area contributed by atoms with Crippen LogP contribution in [0.5, 0.6) is 0 Å². The third-order valence-electron chi connectivity index (χ3n) is 4.38. The molecule has 1 unspecified atom stereocenters. The molecular formula is C20H24N4O. The second-order valence-corrected chi connectivity index (χ2v) is 6.28. The molecule has 0 saturated carbocycles. The van der Waals surface area contributed by atoms with E-state index in [1.807, 2.05) is 24.4 Å². The number of nitrogens with one attached hydrogen (secondary N) is 3. The number of amides is 1. The number of H-pyrrole nitrogens is 1. The molecule has 2 heterocycles. The summed E-state index contributed by atoms with van der Waals surface area (Å²) in [7, 11) is 0. The van der Waals surface area contributed by atoms with Gasteiger partial charge in [-0.05, 0) is 37.5 Å². The monoisotopic (exact) mass is 336 g/mol. The Morgan fingerprint density at radius 2 is 2.12 bits per heavy atom. The van der Waals surface area contributed by atoms with Crippen molar-refractivity contribution in [2.75, 3.05) is 11.9 Å². The number of pyridine rings is 1. The quantitative estimate of drug-likeness (QED) is 0.615. The lowest BCUT2D eigenvalue weighted by Crippen LogP contribution is -2.26. The maximum atomic E-state index is 12.4. The van der Waals surface area contributed by atoms with Crippen molar-refractivity contribution in [3.05, 3.63) is 60.0 Å². The molecule has 0 aliphatic rings. The Bertz CT molecular complexity index is 856. The van der Waals surface area contributed by atoms with Gasteiger partial charge in [-0.1, -0.05) is 25.1 Å². The van der Waals surface area contributed by atoms with Crippen LogP contribution in [0, 0.1) is 0 Å². The van der Waals surface area contributed by atoms with E-state index in [0.29, 0.717) is 18.2 Å². The van der Waals surface area contributed by atoms with E-state index in [0.717, 1.165) is 24.0 Å². The molecule has 3 N–H and O–H groups in total. The highest BCUT2D eigenvalue weighted by Gasteiger charge is 2.09. The summed E-state index contributed by atoms with van der Waals surface area (Å²) in [5.74, 6) is -0.0971. The van der Waals surface area contributed by atoms with Gasteiger partial charge in [-0.2, -0.15) is 0 Å². The molecule has 0 saturated heterocycles. The molecule has 130 valence electrons. The number of hydrogen-bond donors (Lipinski definition) is 3. The van der Waals surface area contributed by atoms with Gasteiger partial charge in [-0.25, -0.2) is 0 Å². The molecule has 0 aliphatic carbocycles. The molecule has 2 aromatic heterocycles. The molecule has 0 aliphatic heterocycles. The molecule has 0 spiro atoms. The SMILES string of the molecule is CCC(C)Nc1cncc(C(=O)NCCc2c[nH]c3ccccc23)c1. The fourth-order valence-electron chi connectivity index (χ4n) is 2.78. The van der Waals surface area contributed by atoms with E-state index < -0.39 is 0 Å². The van der Waals surface area contributed by atoms with Crippen molar-refractivity contribution < 1.29 is 4.79 Å². The zero-order valence-electron chi connectivity index (χ0n) is 14.7. The van der Waals surface area contributed by atoms with E-state index in [1.54, 1.807) is 12.4 Å². The lowest BCUT2D eigenvalue weighted by Gasteiger charge is -2.13. The van der Waals surface area contributed by atoms with Crippen LogP contribution in [-0.4, -0.2) is 28.5 Å². The molecule has 1 aromatic carbocycles. The highest BCUT2D eigenvalue weighted by atomic mass is 16.1. The Kier molecular flexibility index (Phi) is 5.33. The van der Waals surface area contributed by atoms with Crippen molar-refractivity contribution in [1.29, 1.82) is 0 Å². The fraction of sp³-hybridized carbons (Fsp3) is 0.300. The minimum Gasteiger partial charge on any atom is -0.381 e. The van der Waals surface area contributed by atoms with Crippen LogP contribution >= 0.6 is 0 Å². The Morgan fingerprint density at radius 3 is 2.96 bits per heavy atom. The summed E-state index contributed by atoms with van der Waals surface area (Å²) in [4.78, 5) is 19.8. The second kappa shape index (κ2) is 7.83. The van der Waals surface area contributed by atoms with Gasteiger partial charge in [0, 0.05) is 42.1 Å². The highest BCUT2D eigenvalue weighted by Crippen LogP contribution is 2.17. The molecule has 1 atom stereocenters. The normalized spacial score (nSPS) is 12.1. The molecule has 25 heavy (non-hydrogen) atoms. The Morgan fingerprint density at radius 1 is 1.28 bits per heavy atom. The van der Waals surface area contributed by atoms with Crippen molar-refractivity contribution in [1.82, 2.24) is 15.3 Å². The summed E-state index contributed by atoms with van der Waals surface area (Å²) in [5.41, 5.74) is 3.78. The average molecular weight is 336 g/mol. The summed E-state index contributed by atoms with van der Waals surface area (Å²) in [6, 6.07) is 10.4. The number of carbonyl (C=O) groups is 1. The van der Waals surface area contributed by atoms with Gasteiger partial charge < -0.3 is 15.6 Å². The van der Waals surface area contributed by atoms with Gasteiger partial charge in [0.1, 0.15) is 0 Å². The summed E-state index contributed by atoms with van der Waals surface area (Å²) < 4.78 is 0. The van der Waals surface area contributed by atoms with Crippen LogP contribution in [-0.2, 0) is 6.42 Å². The Balaban J connectivity index is 1.58. The van der Waals surface area contributed by atoms with Crippen LogP contribution in [0.15, 0.2) is 48.9 Å². The van der Waals surface area contributed by atoms with Crippen LogP contribution in [0.4, 0.5) is 5.69 Å². The lowest BCUT2D eigenvalue weighted by molar-refractivity contribution is 0.0954. The number of rotatable bonds is 7. The number of nitrogens with zero attached hydrogens (tertiary/aromatic N) is 1. The molecule has 0 radical (unpaired) electrons. The third kappa shape index (κ3) is 4.18. The van der Waals surface area contributed by atoms with Crippen LogP contribution in [0.3, 0.4) is 0 Å². The lowest BCUT2D eigenvalue weighted by atomic mass is 10.1. The summed E-state index contributed by atoms with van der Waals surface area (Å²) in [6.45, 7) is 4.81. The van der Waals surface area contributed by atoms with E-state index in [-0.39, 0.29) is 5.91 Å². The maximum Gasteiger partial charge on any atom is 0.252 e. The minimum atomic E-state index is -0.0971. The number of anilines is 1. The van der Waals surface area contributed by atoms with Crippen LogP contribution in [0.1, 0.15) is 36.2 Å². The van der Waals surface area contributed by atoms with Crippen molar-refractivity contribution in [2.24, 2.45) is 0 Å². The summed E-state index contributed by atoms with van der Waals surface area (Å²) >= 11 is 0. The largest absolute Gasteiger partial charge is 0.381 e. The van der Waals surface area contributed by atoms with Crippen molar-refractivity contribution in [3.8, 4) is 0 Å². The molecule has 5 heteroatoms. The van der Waals surface area contributed by atoms with Gasteiger partial charge >= 0.3 is 0 Å². The van der Waals surface area contributed by atoms with Crippen molar-refractivity contribution in [3.63, 3.8) is 0 Å². The van der Waals surface area contributed by atoms with Gasteiger partial charge in [0.2, 0.25) is 0 Å². The van der Waals surface area contributed by atoms with E-state index >= 15 is 0 Å². The zero-order valence-corrected chi connectivity index (χ0v) is 14.7. The van der Waals surface area contributed by atoms with Gasteiger partial charge in [0.15, 0.2) is 0 Å². The number of hydrogen-bond acceptors (Lipinski definition) is 3. The first-order valence-corrected chi connectivity index (χ1v) is 8.72. The third-order valence-corrected chi connectivity index (χ3v) is 4.38. The summed E-state index contributed by atoms with van der Waals surface area (Å²) in [5, 5.41) is 7.52. The maximum absolute atomic E-state index is 12.4. The van der Waals surface area contributed by atoms with E-state index in [2.05, 4.69) is 46.6 Å². The van der Waals surface area contributed by atoms with Crippen LogP contribution in [0.2, 0.25) is 0 Å². The predicted molar refractivity (Wildman–Crippen MR) is 102 cm³/mol. The number of benzene rings is 1. The van der Waals surface area contributed by atoms with Crippen LogP contribution in [0.25, 0.3) is 10.9 Å². The molecule has 1 amide bonds. The second-order valence-electron chi connectivity index (χ2n) is 6.28. The highest BCUT2D eigenvalue weighted by molar-refractivity contribution is 5.94. The first-order chi connectivity index (χ1) is 12.2. The molecule has 3 rings (SSSR count). The fourth-order valence-corrected chi connectivity index (χ4v) is 2.78. The van der Waals surface area contributed by atoms with E-state index in [1.165, 1.54) is 10.9 Å². The number of para-hydroxylation sites is 1. The molecule has 3 aromatic rings. The molecule has 0 fully saturated rings.